The Morgan fingerprint density at radius 1 is 1.36 bits per heavy atom. The summed E-state index contributed by atoms with van der Waals surface area (Å²) >= 11 is 0. The molecule has 3 rings (SSSR count). The molecule has 1 amide bonds. The van der Waals surface area contributed by atoms with Crippen molar-refractivity contribution in [3.8, 4) is 0 Å². The lowest BCUT2D eigenvalue weighted by molar-refractivity contribution is 0.0949. The summed E-state index contributed by atoms with van der Waals surface area (Å²) in [7, 11) is 0. The second-order valence-electron chi connectivity index (χ2n) is 6.19. The molecule has 1 aliphatic carbocycles. The van der Waals surface area contributed by atoms with Crippen molar-refractivity contribution in [2.75, 3.05) is 0 Å². The van der Waals surface area contributed by atoms with Crippen LogP contribution in [0.15, 0.2) is 46.3 Å². The first-order valence-electron chi connectivity index (χ1n) is 8.69. The molecule has 0 radical (unpaired) electrons. The lowest BCUT2D eigenvalue weighted by Crippen LogP contribution is -2.29. The Morgan fingerprint density at radius 3 is 2.88 bits per heavy atom. The molecule has 25 heavy (non-hydrogen) atoms. The molecule has 1 aromatic carbocycles. The maximum absolute atomic E-state index is 12.6. The first-order chi connectivity index (χ1) is 12.2. The second kappa shape index (κ2) is 7.88. The van der Waals surface area contributed by atoms with Crippen LogP contribution in [0.25, 0.3) is 10.8 Å². The van der Waals surface area contributed by atoms with Crippen LogP contribution in [0.1, 0.15) is 43.1 Å². The molecule has 6 nitrogen and oxygen atoms in total. The standard InChI is InChI=1S/C19H22N4O2/c1-2-12-23-19(25)16-11-7-6-10-15(16)17(22-23)18(24)21-20-13-14-8-4-3-5-9-14/h3-4,6-7,10-11,13-14H,2,5,8-9,12H2,1H3,(H,21,24)/b20-13-/t14-/m1/s1. The second-order valence-corrected chi connectivity index (χ2v) is 6.19. The van der Waals surface area contributed by atoms with E-state index in [-0.39, 0.29) is 11.3 Å². The molecule has 0 fully saturated rings. The lowest BCUT2D eigenvalue weighted by atomic mass is 9.96. The summed E-state index contributed by atoms with van der Waals surface area (Å²) in [4.78, 5) is 25.0. The first-order valence-corrected chi connectivity index (χ1v) is 8.69. The minimum atomic E-state index is -0.399. The van der Waals surface area contributed by atoms with Crippen LogP contribution in [0.2, 0.25) is 0 Å². The van der Waals surface area contributed by atoms with Gasteiger partial charge < -0.3 is 0 Å². The molecule has 0 spiro atoms. The number of hydrogen-bond donors (Lipinski definition) is 1. The Bertz CT molecular complexity index is 883. The van der Waals surface area contributed by atoms with Crippen LogP contribution in [0.5, 0.6) is 0 Å². The first kappa shape index (κ1) is 17.1. The van der Waals surface area contributed by atoms with Crippen molar-refractivity contribution in [1.29, 1.82) is 0 Å². The van der Waals surface area contributed by atoms with E-state index in [1.165, 1.54) is 4.68 Å². The number of hydrazone groups is 1. The van der Waals surface area contributed by atoms with Crippen LogP contribution in [-0.2, 0) is 6.54 Å². The van der Waals surface area contributed by atoms with E-state index in [1.54, 1.807) is 30.5 Å². The summed E-state index contributed by atoms with van der Waals surface area (Å²) in [6.45, 7) is 2.44. The molecule has 0 saturated carbocycles. The van der Waals surface area contributed by atoms with Crippen LogP contribution in [0.3, 0.4) is 0 Å². The molecular formula is C19H22N4O2. The summed E-state index contributed by atoms with van der Waals surface area (Å²) in [6, 6.07) is 7.04. The van der Waals surface area contributed by atoms with E-state index < -0.39 is 5.91 Å². The summed E-state index contributed by atoms with van der Waals surface area (Å²) in [5.74, 6) is -0.0484. The molecule has 6 heteroatoms. The highest BCUT2D eigenvalue weighted by Gasteiger charge is 2.16. The van der Waals surface area contributed by atoms with Crippen LogP contribution >= 0.6 is 0 Å². The summed E-state index contributed by atoms with van der Waals surface area (Å²) in [5, 5.41) is 9.40. The van der Waals surface area contributed by atoms with E-state index in [9.17, 15) is 9.59 Å². The van der Waals surface area contributed by atoms with Gasteiger partial charge in [0.15, 0.2) is 5.69 Å². The van der Waals surface area contributed by atoms with Crippen molar-refractivity contribution in [2.45, 2.75) is 39.2 Å². The molecule has 1 heterocycles. The van der Waals surface area contributed by atoms with Gasteiger partial charge in [-0.25, -0.2) is 10.1 Å². The number of rotatable bonds is 5. The quantitative estimate of drug-likeness (QED) is 0.517. The zero-order valence-corrected chi connectivity index (χ0v) is 14.3. The minimum absolute atomic E-state index is 0.175. The zero-order valence-electron chi connectivity index (χ0n) is 14.3. The largest absolute Gasteiger partial charge is 0.292 e. The van der Waals surface area contributed by atoms with Crippen LogP contribution in [-0.4, -0.2) is 21.9 Å². The number of benzene rings is 1. The fourth-order valence-electron chi connectivity index (χ4n) is 2.97. The van der Waals surface area contributed by atoms with Crippen molar-refractivity contribution >= 4 is 22.9 Å². The van der Waals surface area contributed by atoms with E-state index >= 15 is 0 Å². The van der Waals surface area contributed by atoms with Gasteiger partial charge in [-0.05, 0) is 37.7 Å². The van der Waals surface area contributed by atoms with Crippen molar-refractivity contribution < 1.29 is 4.79 Å². The number of nitrogens with one attached hydrogen (secondary N) is 1. The average Bonchev–Trinajstić information content (AvgIpc) is 2.65. The Hall–Kier alpha value is -2.76. The van der Waals surface area contributed by atoms with Gasteiger partial charge in [0.2, 0.25) is 0 Å². The fraction of sp³-hybridized carbons (Fsp3) is 0.368. The van der Waals surface area contributed by atoms with Gasteiger partial charge in [-0.3, -0.25) is 9.59 Å². The number of amides is 1. The molecule has 1 atom stereocenters. The number of carbonyl (C=O) groups excluding carboxylic acids is 1. The molecule has 0 unspecified atom stereocenters. The maximum atomic E-state index is 12.6. The predicted molar refractivity (Wildman–Crippen MR) is 98.7 cm³/mol. The van der Waals surface area contributed by atoms with Crippen molar-refractivity contribution in [3.05, 3.63) is 52.5 Å². The Labute approximate surface area is 146 Å². The van der Waals surface area contributed by atoms with Crippen LogP contribution in [0, 0.1) is 5.92 Å². The van der Waals surface area contributed by atoms with Gasteiger partial charge in [0.05, 0.1) is 5.39 Å². The van der Waals surface area contributed by atoms with E-state index in [2.05, 4.69) is 27.8 Å². The number of nitrogens with zero attached hydrogens (tertiary/aromatic N) is 3. The molecular weight excluding hydrogens is 316 g/mol. The molecule has 1 aliphatic rings. The van der Waals surface area contributed by atoms with Gasteiger partial charge in [-0.15, -0.1) is 0 Å². The fourth-order valence-corrected chi connectivity index (χ4v) is 2.97. The van der Waals surface area contributed by atoms with Gasteiger partial charge in [-0.1, -0.05) is 37.3 Å². The van der Waals surface area contributed by atoms with Gasteiger partial charge in [0.1, 0.15) is 0 Å². The Kier molecular flexibility index (Phi) is 5.38. The number of fused-ring (bicyclic) bond motifs is 1. The minimum Gasteiger partial charge on any atom is -0.267 e. The summed E-state index contributed by atoms with van der Waals surface area (Å²) < 4.78 is 1.35. The zero-order chi connectivity index (χ0) is 17.6. The molecule has 0 bridgehead atoms. The highest BCUT2D eigenvalue weighted by molar-refractivity contribution is 6.04. The van der Waals surface area contributed by atoms with Crippen LogP contribution < -0.4 is 11.0 Å². The Balaban J connectivity index is 1.87. The van der Waals surface area contributed by atoms with Crippen molar-refractivity contribution in [3.63, 3.8) is 0 Å². The number of hydrogen-bond acceptors (Lipinski definition) is 4. The highest BCUT2D eigenvalue weighted by Crippen LogP contribution is 2.16. The van der Waals surface area contributed by atoms with Gasteiger partial charge in [-0.2, -0.15) is 10.2 Å². The lowest BCUT2D eigenvalue weighted by Gasteiger charge is -2.12. The molecule has 0 aliphatic heterocycles. The van der Waals surface area contributed by atoms with Gasteiger partial charge in [0, 0.05) is 18.1 Å². The normalized spacial score (nSPS) is 17.2. The third-order valence-corrected chi connectivity index (χ3v) is 4.28. The molecule has 1 aromatic heterocycles. The SMILES string of the molecule is CCCn1nc(C(=O)N/N=C\[C@@H]2CC=CCC2)c2ccccc2c1=O. The molecule has 0 saturated heterocycles. The number of aromatic nitrogens is 2. The summed E-state index contributed by atoms with van der Waals surface area (Å²) in [5.41, 5.74) is 2.61. The number of aryl methyl sites for hydroxylation is 1. The third kappa shape index (κ3) is 3.84. The molecule has 1 N–H and O–H groups in total. The topological polar surface area (TPSA) is 76.3 Å². The smallest absolute Gasteiger partial charge is 0.267 e. The highest BCUT2D eigenvalue weighted by atomic mass is 16.2. The molecule has 130 valence electrons. The van der Waals surface area contributed by atoms with Gasteiger partial charge in [0.25, 0.3) is 11.5 Å². The predicted octanol–water partition coefficient (Wildman–Crippen LogP) is 2.88. The van der Waals surface area contributed by atoms with E-state index in [0.717, 1.165) is 25.7 Å². The summed E-state index contributed by atoms with van der Waals surface area (Å²) in [6.07, 6.45) is 9.87. The third-order valence-electron chi connectivity index (χ3n) is 4.28. The van der Waals surface area contributed by atoms with Gasteiger partial charge >= 0.3 is 0 Å². The van der Waals surface area contributed by atoms with E-state index in [4.69, 9.17) is 0 Å². The van der Waals surface area contributed by atoms with Crippen LogP contribution in [0.4, 0.5) is 0 Å². The van der Waals surface area contributed by atoms with Crippen molar-refractivity contribution in [1.82, 2.24) is 15.2 Å². The maximum Gasteiger partial charge on any atom is 0.292 e. The number of allylic oxidation sites excluding steroid dienone is 2. The average molecular weight is 338 g/mol. The van der Waals surface area contributed by atoms with E-state index in [0.29, 0.717) is 23.2 Å². The monoisotopic (exact) mass is 338 g/mol. The number of carbonyl (C=O) groups is 1. The van der Waals surface area contributed by atoms with E-state index in [1.807, 2.05) is 6.92 Å². The Morgan fingerprint density at radius 2 is 2.16 bits per heavy atom. The molecule has 2 aromatic rings. The van der Waals surface area contributed by atoms with Crippen molar-refractivity contribution in [2.24, 2.45) is 11.0 Å².